The average molecular weight is 479 g/mol. The monoisotopic (exact) mass is 478 g/mol. The molecule has 10 heteroatoms. The first-order valence-electron chi connectivity index (χ1n) is 11.3. The standard InChI is InChI=1S/C24H34N6O3.Na.H/c1-20(2)16-23(29(26-32)15-14-21-10-6-4-7-11-21)19-30(27-33)24(18-28(3)25-31)17-22-12-8-5-9-13-22;;/h4-13,20,23-24H,14-19H2,1-3H3;;/q;+1;-1/t23-,24-;;/m0../s1. The summed E-state index contributed by atoms with van der Waals surface area (Å²) in [7, 11) is 1.57. The minimum atomic E-state index is -0.384. The molecule has 0 fully saturated rings. The summed E-state index contributed by atoms with van der Waals surface area (Å²) in [6.45, 7) is 5.04. The van der Waals surface area contributed by atoms with Gasteiger partial charge in [-0.3, -0.25) is 15.0 Å². The van der Waals surface area contributed by atoms with Crippen molar-refractivity contribution in [3.63, 3.8) is 0 Å². The van der Waals surface area contributed by atoms with Gasteiger partial charge in [0.1, 0.15) is 0 Å². The second-order valence-electron chi connectivity index (χ2n) is 8.73. The quantitative estimate of drug-likeness (QED) is 0.208. The molecular weight excluding hydrogens is 443 g/mol. The van der Waals surface area contributed by atoms with Crippen molar-refractivity contribution in [2.75, 3.05) is 26.7 Å². The van der Waals surface area contributed by atoms with Crippen molar-refractivity contribution in [3.05, 3.63) is 86.5 Å². The molecule has 2 rings (SSSR count). The van der Waals surface area contributed by atoms with Gasteiger partial charge in [0.15, 0.2) is 0 Å². The molecule has 2 aromatic rings. The van der Waals surface area contributed by atoms with E-state index in [1.807, 2.05) is 60.7 Å². The van der Waals surface area contributed by atoms with E-state index in [2.05, 4.69) is 29.7 Å². The molecule has 2 atom stereocenters. The number of benzene rings is 2. The second kappa shape index (κ2) is 16.3. The zero-order valence-electron chi connectivity index (χ0n) is 21.7. The predicted octanol–water partition coefficient (Wildman–Crippen LogP) is 1.95. The SMILES string of the molecule is CC(C)C[C@@H](CN(N=O)[C@@H](Cc1ccccc1)CN(C)N=O)N(CCc1ccccc1)N=O.[H-].[Na+]. The van der Waals surface area contributed by atoms with Crippen LogP contribution in [-0.4, -0.2) is 53.8 Å². The molecule has 34 heavy (non-hydrogen) atoms. The summed E-state index contributed by atoms with van der Waals surface area (Å²) in [5, 5.41) is 13.8. The van der Waals surface area contributed by atoms with Crippen LogP contribution >= 0.6 is 0 Å². The van der Waals surface area contributed by atoms with Gasteiger partial charge < -0.3 is 1.43 Å². The second-order valence-corrected chi connectivity index (χ2v) is 8.73. The zero-order valence-corrected chi connectivity index (χ0v) is 22.7. The van der Waals surface area contributed by atoms with E-state index in [0.717, 1.165) is 11.1 Å². The summed E-state index contributed by atoms with van der Waals surface area (Å²) < 4.78 is 0. The van der Waals surface area contributed by atoms with Crippen LogP contribution in [0, 0.1) is 20.6 Å². The fourth-order valence-corrected chi connectivity index (χ4v) is 3.97. The molecule has 2 aromatic carbocycles. The van der Waals surface area contributed by atoms with Gasteiger partial charge in [0.25, 0.3) is 0 Å². The Labute approximate surface area is 225 Å². The van der Waals surface area contributed by atoms with Crippen LogP contribution in [0.25, 0.3) is 0 Å². The summed E-state index contributed by atoms with van der Waals surface area (Å²) >= 11 is 0. The van der Waals surface area contributed by atoms with Crippen LogP contribution in [-0.2, 0) is 12.8 Å². The summed E-state index contributed by atoms with van der Waals surface area (Å²) in [6.07, 6.45) is 1.85. The summed E-state index contributed by atoms with van der Waals surface area (Å²) in [6, 6.07) is 18.9. The molecule has 0 aromatic heterocycles. The van der Waals surface area contributed by atoms with Crippen molar-refractivity contribution in [2.24, 2.45) is 21.8 Å². The van der Waals surface area contributed by atoms with Crippen molar-refractivity contribution in [3.8, 4) is 0 Å². The van der Waals surface area contributed by atoms with Crippen LogP contribution in [0.15, 0.2) is 76.5 Å². The molecule has 0 spiro atoms. The van der Waals surface area contributed by atoms with E-state index >= 15 is 0 Å². The maximum Gasteiger partial charge on any atom is 1.00 e. The summed E-state index contributed by atoms with van der Waals surface area (Å²) in [5.74, 6) is 0.288. The minimum Gasteiger partial charge on any atom is -1.00 e. The average Bonchev–Trinajstić information content (AvgIpc) is 2.83. The molecule has 0 unspecified atom stereocenters. The molecule has 9 nitrogen and oxygen atoms in total. The Morgan fingerprint density at radius 1 is 0.765 bits per heavy atom. The van der Waals surface area contributed by atoms with Gasteiger partial charge in [-0.15, -0.1) is 14.7 Å². The molecule has 0 radical (unpaired) electrons. The van der Waals surface area contributed by atoms with Gasteiger partial charge in [-0.05, 0) is 36.3 Å². The fourth-order valence-electron chi connectivity index (χ4n) is 3.97. The van der Waals surface area contributed by atoms with Gasteiger partial charge >= 0.3 is 29.6 Å². The zero-order chi connectivity index (χ0) is 24.1. The van der Waals surface area contributed by atoms with Gasteiger partial charge in [-0.1, -0.05) is 74.5 Å². The number of nitroso groups, excluding NO2 is 3. The maximum atomic E-state index is 11.9. The summed E-state index contributed by atoms with van der Waals surface area (Å²) in [5.41, 5.74) is 2.13. The third-order valence-electron chi connectivity index (χ3n) is 5.59. The molecular formula is C24H35N6NaO3. The summed E-state index contributed by atoms with van der Waals surface area (Å²) in [4.78, 5) is 34.8. The number of nitrogens with zero attached hydrogens (tertiary/aromatic N) is 6. The largest absolute Gasteiger partial charge is 1.00 e. The van der Waals surface area contributed by atoms with E-state index in [9.17, 15) is 14.7 Å². The fraction of sp³-hybridized carbons (Fsp3) is 0.500. The topological polar surface area (TPSA) is 98.0 Å². The number of hydrogen-bond donors (Lipinski definition) is 0. The van der Waals surface area contributed by atoms with Crippen molar-refractivity contribution < 1.29 is 31.0 Å². The predicted molar refractivity (Wildman–Crippen MR) is 132 cm³/mol. The Kier molecular flexibility index (Phi) is 14.2. The Hall–Kier alpha value is -2.36. The molecule has 0 saturated carbocycles. The number of rotatable bonds is 16. The van der Waals surface area contributed by atoms with Gasteiger partial charge in [0.2, 0.25) is 0 Å². The molecule has 0 bridgehead atoms. The number of hydrogen-bond acceptors (Lipinski definition) is 6. The Bertz CT molecular complexity index is 850. The van der Waals surface area contributed by atoms with E-state index in [-0.39, 0.29) is 62.1 Å². The van der Waals surface area contributed by atoms with Crippen molar-refractivity contribution in [1.29, 1.82) is 0 Å². The van der Waals surface area contributed by atoms with Gasteiger partial charge in [-0.2, -0.15) is 0 Å². The van der Waals surface area contributed by atoms with E-state index < -0.39 is 0 Å². The van der Waals surface area contributed by atoms with Crippen molar-refractivity contribution >= 4 is 0 Å². The molecule has 0 aliphatic heterocycles. The Balaban J connectivity index is 0.00000578. The van der Waals surface area contributed by atoms with E-state index in [0.29, 0.717) is 25.8 Å². The van der Waals surface area contributed by atoms with Crippen LogP contribution < -0.4 is 29.6 Å². The van der Waals surface area contributed by atoms with Crippen molar-refractivity contribution in [2.45, 2.75) is 45.2 Å². The van der Waals surface area contributed by atoms with Gasteiger partial charge in [0.05, 0.1) is 41.0 Å². The Morgan fingerprint density at radius 3 is 1.82 bits per heavy atom. The third-order valence-corrected chi connectivity index (χ3v) is 5.59. The normalized spacial score (nSPS) is 12.2. The molecule has 0 heterocycles. The first-order chi connectivity index (χ1) is 16.0. The van der Waals surface area contributed by atoms with Crippen LogP contribution in [0.1, 0.15) is 32.8 Å². The third kappa shape index (κ3) is 10.3. The van der Waals surface area contributed by atoms with Crippen LogP contribution in [0.3, 0.4) is 0 Å². The van der Waals surface area contributed by atoms with E-state index in [4.69, 9.17) is 0 Å². The van der Waals surface area contributed by atoms with Crippen LogP contribution in [0.4, 0.5) is 0 Å². The van der Waals surface area contributed by atoms with Gasteiger partial charge in [0, 0.05) is 13.6 Å². The number of likely N-dealkylation sites (N-methyl/N-ethyl adjacent to an activating group) is 1. The first kappa shape index (κ1) is 29.7. The molecule has 0 N–H and O–H groups in total. The smallest absolute Gasteiger partial charge is 1.00 e. The van der Waals surface area contributed by atoms with Crippen molar-refractivity contribution in [1.82, 2.24) is 15.0 Å². The van der Waals surface area contributed by atoms with E-state index in [1.165, 1.54) is 15.0 Å². The van der Waals surface area contributed by atoms with E-state index in [1.54, 1.807) is 7.05 Å². The van der Waals surface area contributed by atoms with Gasteiger partial charge in [-0.25, -0.2) is 0 Å². The molecule has 0 saturated heterocycles. The first-order valence-corrected chi connectivity index (χ1v) is 11.3. The molecule has 0 aliphatic rings. The van der Waals surface area contributed by atoms with Crippen LogP contribution in [0.5, 0.6) is 0 Å². The molecule has 0 amide bonds. The molecule has 0 aliphatic carbocycles. The molecule has 180 valence electrons. The van der Waals surface area contributed by atoms with Crippen LogP contribution in [0.2, 0.25) is 0 Å². The maximum absolute atomic E-state index is 11.9. The minimum absolute atomic E-state index is 0. The Morgan fingerprint density at radius 2 is 1.32 bits per heavy atom.